The summed E-state index contributed by atoms with van der Waals surface area (Å²) in [6.45, 7) is 3.72. The van der Waals surface area contributed by atoms with Crippen LogP contribution >= 0.6 is 23.2 Å². The van der Waals surface area contributed by atoms with Gasteiger partial charge in [0.2, 0.25) is 5.78 Å². The highest BCUT2D eigenvalue weighted by Crippen LogP contribution is 2.22. The minimum Gasteiger partial charge on any atom is -0.478 e. The van der Waals surface area contributed by atoms with Crippen LogP contribution in [0, 0.1) is 6.92 Å². The molecule has 6 nitrogen and oxygen atoms in total. The van der Waals surface area contributed by atoms with Gasteiger partial charge in [-0.3, -0.25) is 14.4 Å². The minimum atomic E-state index is -1.03. The first kappa shape index (κ1) is 25.4. The maximum Gasteiger partial charge on any atom is 0.335 e. The molecule has 0 aliphatic carbocycles. The van der Waals surface area contributed by atoms with Crippen LogP contribution in [0.5, 0.6) is 0 Å². The Balaban J connectivity index is 1.97. The SMILES string of the molecule is CCCc1cccc(C(=O)C(=O)c2c(Cl)cc(Cl)c(=O)n2CCc2ccc(C(=O)O)c(C)c2)c1. The van der Waals surface area contributed by atoms with E-state index in [1.807, 2.05) is 13.0 Å². The normalized spacial score (nSPS) is 10.8. The van der Waals surface area contributed by atoms with E-state index in [0.717, 1.165) is 28.5 Å². The Bertz CT molecular complexity index is 1340. The Morgan fingerprint density at radius 3 is 2.26 bits per heavy atom. The van der Waals surface area contributed by atoms with E-state index in [0.29, 0.717) is 5.56 Å². The number of ketones is 2. The van der Waals surface area contributed by atoms with Crippen molar-refractivity contribution in [2.24, 2.45) is 0 Å². The summed E-state index contributed by atoms with van der Waals surface area (Å²) >= 11 is 12.3. The second kappa shape index (κ2) is 10.8. The van der Waals surface area contributed by atoms with Crippen molar-refractivity contribution in [1.82, 2.24) is 4.57 Å². The number of carboxylic acid groups (broad SMARTS) is 1. The number of carbonyl (C=O) groups excluding carboxylic acids is 2. The standard InChI is InChI=1S/C26H23Cl2NO5/c1-3-5-16-6-4-7-18(13-16)23(30)24(31)22-20(27)14-21(28)25(32)29(22)11-10-17-8-9-19(26(33)34)15(2)12-17/h4,6-9,12-14H,3,5,10-11H2,1-2H3,(H,33,34). The molecule has 0 unspecified atom stereocenters. The van der Waals surface area contributed by atoms with Crippen molar-refractivity contribution in [2.75, 3.05) is 0 Å². The summed E-state index contributed by atoms with van der Waals surface area (Å²) in [6, 6.07) is 12.8. The monoisotopic (exact) mass is 499 g/mol. The number of Topliss-reactive ketones (excluding diaryl/α,β-unsaturated/α-hetero) is 2. The number of nitrogens with zero attached hydrogens (tertiary/aromatic N) is 1. The maximum atomic E-state index is 13.2. The third-order valence-electron chi connectivity index (χ3n) is 5.49. The van der Waals surface area contributed by atoms with E-state index >= 15 is 0 Å². The Morgan fingerprint density at radius 2 is 1.62 bits per heavy atom. The van der Waals surface area contributed by atoms with Gasteiger partial charge in [-0.1, -0.05) is 66.9 Å². The van der Waals surface area contributed by atoms with Gasteiger partial charge >= 0.3 is 5.97 Å². The Hall–Kier alpha value is -3.22. The lowest BCUT2D eigenvalue weighted by Gasteiger charge is -2.15. The van der Waals surface area contributed by atoms with Crippen LogP contribution in [0.3, 0.4) is 0 Å². The smallest absolute Gasteiger partial charge is 0.335 e. The largest absolute Gasteiger partial charge is 0.478 e. The first-order valence-corrected chi connectivity index (χ1v) is 11.5. The molecule has 1 aromatic heterocycles. The first-order valence-electron chi connectivity index (χ1n) is 10.7. The number of aromatic nitrogens is 1. The highest BCUT2D eigenvalue weighted by molar-refractivity contribution is 6.51. The zero-order valence-corrected chi connectivity index (χ0v) is 20.2. The van der Waals surface area contributed by atoms with Gasteiger partial charge in [0.25, 0.3) is 11.3 Å². The zero-order valence-electron chi connectivity index (χ0n) is 18.7. The summed E-state index contributed by atoms with van der Waals surface area (Å²) in [4.78, 5) is 50.3. The highest BCUT2D eigenvalue weighted by Gasteiger charge is 2.26. The molecule has 0 fully saturated rings. The lowest BCUT2D eigenvalue weighted by Crippen LogP contribution is -2.30. The third kappa shape index (κ3) is 5.46. The van der Waals surface area contributed by atoms with Gasteiger partial charge in [-0.2, -0.15) is 0 Å². The van der Waals surface area contributed by atoms with E-state index < -0.39 is 23.1 Å². The lowest BCUT2D eigenvalue weighted by atomic mass is 10.00. The summed E-state index contributed by atoms with van der Waals surface area (Å²) in [5, 5.41) is 8.95. The molecule has 0 saturated heterocycles. The fraction of sp³-hybridized carbons (Fsp3) is 0.231. The van der Waals surface area contributed by atoms with Crippen molar-refractivity contribution in [2.45, 2.75) is 39.7 Å². The maximum absolute atomic E-state index is 13.2. The van der Waals surface area contributed by atoms with Crippen LogP contribution in [-0.2, 0) is 19.4 Å². The molecule has 0 bridgehead atoms. The number of carbonyl (C=O) groups is 3. The molecule has 0 atom stereocenters. The molecule has 0 spiro atoms. The summed E-state index contributed by atoms with van der Waals surface area (Å²) < 4.78 is 1.11. The number of aryl methyl sites for hydroxylation is 3. The molecule has 2 aromatic carbocycles. The third-order valence-corrected chi connectivity index (χ3v) is 6.05. The Morgan fingerprint density at radius 1 is 0.912 bits per heavy atom. The van der Waals surface area contributed by atoms with Gasteiger partial charge in [0.05, 0.1) is 10.6 Å². The van der Waals surface area contributed by atoms with E-state index in [4.69, 9.17) is 23.2 Å². The average molecular weight is 500 g/mol. The van der Waals surface area contributed by atoms with Gasteiger partial charge in [-0.15, -0.1) is 0 Å². The molecule has 0 aliphatic rings. The molecular weight excluding hydrogens is 477 g/mol. The van der Waals surface area contributed by atoms with E-state index in [9.17, 15) is 24.3 Å². The van der Waals surface area contributed by atoms with Crippen molar-refractivity contribution in [1.29, 1.82) is 0 Å². The van der Waals surface area contributed by atoms with Gasteiger partial charge in [0.1, 0.15) is 10.7 Å². The van der Waals surface area contributed by atoms with Gasteiger partial charge in [0.15, 0.2) is 0 Å². The predicted molar refractivity (Wildman–Crippen MR) is 132 cm³/mol. The van der Waals surface area contributed by atoms with Crippen LogP contribution < -0.4 is 5.56 Å². The Kier molecular flexibility index (Phi) is 8.07. The lowest BCUT2D eigenvalue weighted by molar-refractivity contribution is 0.0696. The molecule has 8 heteroatoms. The van der Waals surface area contributed by atoms with E-state index in [1.165, 1.54) is 12.1 Å². The van der Waals surface area contributed by atoms with Crippen molar-refractivity contribution >= 4 is 40.7 Å². The fourth-order valence-corrected chi connectivity index (χ4v) is 4.37. The molecule has 1 N–H and O–H groups in total. The second-order valence-corrected chi connectivity index (χ2v) is 8.77. The van der Waals surface area contributed by atoms with E-state index in [-0.39, 0.29) is 39.8 Å². The number of hydrogen-bond acceptors (Lipinski definition) is 4. The van der Waals surface area contributed by atoms with Crippen LogP contribution in [0.4, 0.5) is 0 Å². The molecule has 34 heavy (non-hydrogen) atoms. The van der Waals surface area contributed by atoms with Crippen LogP contribution in [0.2, 0.25) is 10.0 Å². The number of benzene rings is 2. The first-order chi connectivity index (χ1) is 16.1. The van der Waals surface area contributed by atoms with Crippen molar-refractivity contribution in [3.8, 4) is 0 Å². The van der Waals surface area contributed by atoms with Crippen molar-refractivity contribution in [3.05, 3.63) is 102 Å². The number of hydrogen-bond donors (Lipinski definition) is 1. The van der Waals surface area contributed by atoms with Crippen molar-refractivity contribution in [3.63, 3.8) is 0 Å². The molecule has 3 aromatic rings. The average Bonchev–Trinajstić information content (AvgIpc) is 2.79. The summed E-state index contributed by atoms with van der Waals surface area (Å²) in [5.41, 5.74) is 1.80. The molecule has 0 saturated carbocycles. The van der Waals surface area contributed by atoms with Crippen LogP contribution in [-0.4, -0.2) is 27.2 Å². The summed E-state index contributed by atoms with van der Waals surface area (Å²) in [6.07, 6.45) is 1.95. The number of carboxylic acids is 1. The fourth-order valence-electron chi connectivity index (χ4n) is 3.80. The van der Waals surface area contributed by atoms with Crippen LogP contribution in [0.25, 0.3) is 0 Å². The predicted octanol–water partition coefficient (Wildman–Crippen LogP) is 5.42. The molecule has 1 heterocycles. The molecule has 176 valence electrons. The van der Waals surface area contributed by atoms with Gasteiger partial charge in [0, 0.05) is 12.1 Å². The number of pyridine rings is 1. The molecule has 0 radical (unpaired) electrons. The molecule has 3 rings (SSSR count). The van der Waals surface area contributed by atoms with Gasteiger partial charge in [-0.05, 0) is 54.7 Å². The molecule has 0 amide bonds. The minimum absolute atomic E-state index is 0.0230. The van der Waals surface area contributed by atoms with Crippen LogP contribution in [0.15, 0.2) is 53.3 Å². The summed E-state index contributed by atoms with van der Waals surface area (Å²) in [5.74, 6) is -2.70. The Labute approximate surface area is 206 Å². The van der Waals surface area contributed by atoms with Crippen molar-refractivity contribution < 1.29 is 19.5 Å². The number of aromatic carboxylic acids is 1. The van der Waals surface area contributed by atoms with Gasteiger partial charge in [-0.25, -0.2) is 4.79 Å². The van der Waals surface area contributed by atoms with E-state index in [2.05, 4.69) is 0 Å². The summed E-state index contributed by atoms with van der Waals surface area (Å²) in [7, 11) is 0. The quantitative estimate of drug-likeness (QED) is 0.313. The topological polar surface area (TPSA) is 93.4 Å². The van der Waals surface area contributed by atoms with Gasteiger partial charge < -0.3 is 9.67 Å². The van der Waals surface area contributed by atoms with E-state index in [1.54, 1.807) is 37.3 Å². The van der Waals surface area contributed by atoms with Crippen LogP contribution in [0.1, 0.15) is 61.2 Å². The number of halogens is 2. The molecule has 0 aliphatic heterocycles. The number of rotatable bonds is 9. The molecular formula is C26H23Cl2NO5. The second-order valence-electron chi connectivity index (χ2n) is 7.96. The highest BCUT2D eigenvalue weighted by atomic mass is 35.5. The zero-order chi connectivity index (χ0) is 25.0.